The van der Waals surface area contributed by atoms with E-state index in [-0.39, 0.29) is 11.9 Å². The number of nitrogens with zero attached hydrogens (tertiary/aromatic N) is 1. The molecule has 1 aromatic rings. The number of carbonyl (C=O) groups excluding carboxylic acids is 1. The van der Waals surface area contributed by atoms with Gasteiger partial charge in [-0.15, -0.1) is 0 Å². The monoisotopic (exact) mass is 336 g/mol. The van der Waals surface area contributed by atoms with Crippen molar-refractivity contribution in [2.75, 3.05) is 19.8 Å². The average molecular weight is 336 g/mol. The molecule has 0 aromatic heterocycles. The lowest BCUT2D eigenvalue weighted by atomic mass is 9.80. The highest BCUT2D eigenvalue weighted by Gasteiger charge is 2.43. The lowest BCUT2D eigenvalue weighted by molar-refractivity contribution is -0.133. The van der Waals surface area contributed by atoms with E-state index in [2.05, 4.69) is 11.4 Å². The summed E-state index contributed by atoms with van der Waals surface area (Å²) in [6.07, 6.45) is 0.685. The van der Waals surface area contributed by atoms with Crippen molar-refractivity contribution >= 4 is 5.91 Å². The molecule has 1 aromatic carbocycles. The first kappa shape index (κ1) is 16.8. The number of nitriles is 1. The molecule has 0 saturated carbocycles. The Labute approximate surface area is 138 Å². The second kappa shape index (κ2) is 6.83. The topological polar surface area (TPSA) is 71.4 Å². The first-order valence-corrected chi connectivity index (χ1v) is 7.92. The molecule has 7 heteroatoms. The molecule has 1 N–H and O–H groups in total. The van der Waals surface area contributed by atoms with Crippen LogP contribution in [0.15, 0.2) is 18.2 Å². The van der Waals surface area contributed by atoms with Gasteiger partial charge in [0.25, 0.3) is 0 Å². The minimum absolute atomic E-state index is 0.346. The normalized spacial score (nSPS) is 25.9. The van der Waals surface area contributed by atoms with Gasteiger partial charge in [-0.1, -0.05) is 6.07 Å². The number of halogens is 2. The Morgan fingerprint density at radius 1 is 1.25 bits per heavy atom. The Balaban J connectivity index is 1.75. The van der Waals surface area contributed by atoms with Gasteiger partial charge >= 0.3 is 0 Å². The van der Waals surface area contributed by atoms with E-state index in [4.69, 9.17) is 9.47 Å². The molecule has 0 spiro atoms. The lowest BCUT2D eigenvalue weighted by Gasteiger charge is -2.31. The summed E-state index contributed by atoms with van der Waals surface area (Å²) in [5.74, 6) is -2.23. The summed E-state index contributed by atoms with van der Waals surface area (Å²) >= 11 is 0. The van der Waals surface area contributed by atoms with Crippen LogP contribution in [0.2, 0.25) is 0 Å². The molecular formula is C17H18F2N2O3. The molecule has 0 aliphatic carbocycles. The third kappa shape index (κ3) is 3.12. The second-order valence-corrected chi connectivity index (χ2v) is 6.14. The lowest BCUT2D eigenvalue weighted by Crippen LogP contribution is -2.48. The van der Waals surface area contributed by atoms with Crippen molar-refractivity contribution in [3.8, 4) is 6.07 Å². The van der Waals surface area contributed by atoms with Crippen LogP contribution in [0.5, 0.6) is 0 Å². The molecule has 2 aliphatic heterocycles. The maximum absolute atomic E-state index is 13.5. The predicted octanol–water partition coefficient (Wildman–Crippen LogP) is 2.23. The summed E-state index contributed by atoms with van der Waals surface area (Å²) in [7, 11) is 0. The number of nitrogens with one attached hydrogen (secondary N) is 1. The Hall–Kier alpha value is -2.04. The zero-order valence-corrected chi connectivity index (χ0v) is 13.1. The van der Waals surface area contributed by atoms with Gasteiger partial charge < -0.3 is 14.8 Å². The Bertz CT molecular complexity index is 668. The summed E-state index contributed by atoms with van der Waals surface area (Å²) in [6.45, 7) is 1.14. The molecule has 0 unspecified atom stereocenters. The Morgan fingerprint density at radius 2 is 2.00 bits per heavy atom. The molecular weight excluding hydrogens is 318 g/mol. The van der Waals surface area contributed by atoms with E-state index in [0.717, 1.165) is 12.1 Å². The third-order valence-corrected chi connectivity index (χ3v) is 4.68. The fourth-order valence-corrected chi connectivity index (χ4v) is 3.17. The zero-order valence-electron chi connectivity index (χ0n) is 13.1. The maximum atomic E-state index is 13.5. The molecule has 0 radical (unpaired) electrons. The quantitative estimate of drug-likeness (QED) is 0.919. The molecule has 2 aliphatic rings. The molecule has 5 nitrogen and oxygen atoms in total. The molecule has 3 rings (SSSR count). The van der Waals surface area contributed by atoms with Crippen LogP contribution in [0.25, 0.3) is 0 Å². The predicted molar refractivity (Wildman–Crippen MR) is 79.7 cm³/mol. The summed E-state index contributed by atoms with van der Waals surface area (Å²) < 4.78 is 37.4. The van der Waals surface area contributed by atoms with Gasteiger partial charge in [-0.3, -0.25) is 4.79 Å². The summed E-state index contributed by atoms with van der Waals surface area (Å²) in [6, 6.07) is 5.31. The number of hydrogen-bond acceptors (Lipinski definition) is 4. The first-order chi connectivity index (χ1) is 11.6. The van der Waals surface area contributed by atoms with Gasteiger partial charge in [0.15, 0.2) is 11.6 Å². The first-order valence-electron chi connectivity index (χ1n) is 7.92. The van der Waals surface area contributed by atoms with Gasteiger partial charge in [-0.25, -0.2) is 8.78 Å². The summed E-state index contributed by atoms with van der Waals surface area (Å²) in [5, 5.41) is 12.3. The smallest absolute Gasteiger partial charge is 0.240 e. The number of rotatable bonds is 3. The van der Waals surface area contributed by atoms with E-state index in [1.54, 1.807) is 0 Å². The molecule has 2 heterocycles. The van der Waals surface area contributed by atoms with Crippen LogP contribution in [0, 0.1) is 28.4 Å². The summed E-state index contributed by atoms with van der Waals surface area (Å²) in [5.41, 5.74) is -0.630. The van der Waals surface area contributed by atoms with Gasteiger partial charge in [0.2, 0.25) is 5.91 Å². The highest BCUT2D eigenvalue weighted by Crippen LogP contribution is 2.34. The van der Waals surface area contributed by atoms with Crippen molar-refractivity contribution < 1.29 is 23.0 Å². The van der Waals surface area contributed by atoms with Crippen molar-refractivity contribution in [3.05, 3.63) is 35.4 Å². The van der Waals surface area contributed by atoms with Crippen molar-refractivity contribution in [2.45, 2.75) is 31.4 Å². The maximum Gasteiger partial charge on any atom is 0.240 e. The van der Waals surface area contributed by atoms with Crippen LogP contribution in [-0.4, -0.2) is 31.8 Å². The fourth-order valence-electron chi connectivity index (χ4n) is 3.17. The van der Waals surface area contributed by atoms with E-state index in [9.17, 15) is 18.8 Å². The van der Waals surface area contributed by atoms with Crippen molar-refractivity contribution in [2.24, 2.45) is 5.41 Å². The van der Waals surface area contributed by atoms with Gasteiger partial charge in [-0.05, 0) is 37.0 Å². The third-order valence-electron chi connectivity index (χ3n) is 4.68. The van der Waals surface area contributed by atoms with Crippen LogP contribution in [0.1, 0.15) is 30.9 Å². The fraction of sp³-hybridized carbons (Fsp3) is 0.529. The van der Waals surface area contributed by atoms with Gasteiger partial charge in [0, 0.05) is 19.8 Å². The van der Waals surface area contributed by atoms with Crippen LogP contribution < -0.4 is 5.32 Å². The average Bonchev–Trinajstić information content (AvgIpc) is 3.06. The zero-order chi connectivity index (χ0) is 17.2. The molecule has 2 saturated heterocycles. The van der Waals surface area contributed by atoms with Crippen LogP contribution >= 0.6 is 0 Å². The number of carbonyl (C=O) groups is 1. The van der Waals surface area contributed by atoms with Gasteiger partial charge in [0.1, 0.15) is 11.5 Å². The molecule has 0 bridgehead atoms. The Morgan fingerprint density at radius 3 is 2.67 bits per heavy atom. The largest absolute Gasteiger partial charge is 0.381 e. The van der Waals surface area contributed by atoms with Crippen LogP contribution in [0.4, 0.5) is 8.78 Å². The molecule has 128 valence electrons. The van der Waals surface area contributed by atoms with Crippen molar-refractivity contribution in [1.82, 2.24) is 5.32 Å². The molecule has 24 heavy (non-hydrogen) atoms. The van der Waals surface area contributed by atoms with E-state index >= 15 is 0 Å². The number of benzene rings is 1. The highest BCUT2D eigenvalue weighted by atomic mass is 19.2. The van der Waals surface area contributed by atoms with Crippen LogP contribution in [0.3, 0.4) is 0 Å². The van der Waals surface area contributed by atoms with Gasteiger partial charge in [-0.2, -0.15) is 5.26 Å². The number of amides is 1. The standard InChI is InChI=1S/C17H18F2N2O3/c18-12-2-1-11(9-13(12)19)15-14(3-6-24-15)21-16(22)17(10-20)4-7-23-8-5-17/h1-2,9,14-15H,3-8H2,(H,21,22)/t14-,15+/m1/s1. The van der Waals surface area contributed by atoms with E-state index in [0.29, 0.717) is 44.6 Å². The summed E-state index contributed by atoms with van der Waals surface area (Å²) in [4.78, 5) is 12.6. The van der Waals surface area contributed by atoms with E-state index < -0.39 is 23.2 Å². The molecule has 1 amide bonds. The second-order valence-electron chi connectivity index (χ2n) is 6.14. The van der Waals surface area contributed by atoms with Crippen molar-refractivity contribution in [1.29, 1.82) is 5.26 Å². The SMILES string of the molecule is N#CC1(C(=O)N[C@@H]2CCO[C@H]2c2ccc(F)c(F)c2)CCOCC1. The molecule has 2 fully saturated rings. The number of ether oxygens (including phenoxy) is 2. The van der Waals surface area contributed by atoms with E-state index in [1.807, 2.05) is 0 Å². The molecule has 2 atom stereocenters. The van der Waals surface area contributed by atoms with Crippen LogP contribution in [-0.2, 0) is 14.3 Å². The number of hydrogen-bond donors (Lipinski definition) is 1. The minimum atomic E-state index is -1.10. The highest BCUT2D eigenvalue weighted by molar-refractivity contribution is 5.85. The van der Waals surface area contributed by atoms with Gasteiger partial charge in [0.05, 0.1) is 12.1 Å². The van der Waals surface area contributed by atoms with E-state index in [1.165, 1.54) is 6.07 Å². The minimum Gasteiger partial charge on any atom is -0.381 e. The Kier molecular flexibility index (Phi) is 4.78. The van der Waals surface area contributed by atoms with Crippen molar-refractivity contribution in [3.63, 3.8) is 0 Å².